The molecule has 3 fully saturated rings. The van der Waals surface area contributed by atoms with Gasteiger partial charge in [-0.05, 0) is 72.6 Å². The summed E-state index contributed by atoms with van der Waals surface area (Å²) in [6, 6.07) is 21.0. The van der Waals surface area contributed by atoms with E-state index in [1.165, 1.54) is 28.7 Å². The van der Waals surface area contributed by atoms with E-state index < -0.39 is 18.5 Å². The van der Waals surface area contributed by atoms with Crippen molar-refractivity contribution in [2.75, 3.05) is 16.8 Å². The Kier molecular flexibility index (Phi) is 6.65. The van der Waals surface area contributed by atoms with E-state index in [1.807, 2.05) is 18.2 Å². The number of hydrogen-bond donors (Lipinski definition) is 1. The van der Waals surface area contributed by atoms with Crippen LogP contribution in [0.1, 0.15) is 34.7 Å². The summed E-state index contributed by atoms with van der Waals surface area (Å²) in [4.78, 5) is 53.3. The predicted molar refractivity (Wildman–Crippen MR) is 147 cm³/mol. The van der Waals surface area contributed by atoms with E-state index in [9.17, 15) is 19.2 Å². The molecule has 39 heavy (non-hydrogen) atoms. The first-order valence-corrected chi connectivity index (χ1v) is 13.5. The molecule has 3 aromatic carbocycles. The molecule has 3 aliphatic rings. The molecule has 2 aliphatic carbocycles. The maximum absolute atomic E-state index is 13.6. The minimum absolute atomic E-state index is 0.128. The van der Waals surface area contributed by atoms with Crippen LogP contribution >= 0.6 is 23.2 Å². The van der Waals surface area contributed by atoms with Gasteiger partial charge in [0.1, 0.15) is 0 Å². The van der Waals surface area contributed by atoms with Crippen LogP contribution in [0.3, 0.4) is 0 Å². The molecule has 198 valence electrons. The lowest BCUT2D eigenvalue weighted by atomic mass is 9.73. The van der Waals surface area contributed by atoms with Gasteiger partial charge in [-0.2, -0.15) is 0 Å². The lowest BCUT2D eigenvalue weighted by molar-refractivity contribution is -0.123. The first-order valence-electron chi connectivity index (χ1n) is 12.8. The molecule has 1 N–H and O–H groups in total. The molecule has 1 heterocycles. The van der Waals surface area contributed by atoms with Crippen LogP contribution in [-0.4, -0.2) is 30.3 Å². The highest BCUT2D eigenvalue weighted by Crippen LogP contribution is 2.61. The number of anilines is 2. The number of ether oxygens (including phenoxy) is 1. The summed E-state index contributed by atoms with van der Waals surface area (Å²) in [5.41, 5.74) is 1.98. The van der Waals surface area contributed by atoms with Gasteiger partial charge in [-0.1, -0.05) is 59.6 Å². The highest BCUT2D eigenvalue weighted by molar-refractivity contribution is 6.35. The Labute approximate surface area is 235 Å². The molecule has 2 bridgehead atoms. The van der Waals surface area contributed by atoms with Crippen molar-refractivity contribution in [3.8, 4) is 0 Å². The average Bonchev–Trinajstić information content (AvgIpc) is 3.61. The zero-order chi connectivity index (χ0) is 27.3. The highest BCUT2D eigenvalue weighted by atomic mass is 35.5. The minimum Gasteiger partial charge on any atom is -0.452 e. The van der Waals surface area contributed by atoms with E-state index in [4.69, 9.17) is 27.9 Å². The van der Waals surface area contributed by atoms with Crippen LogP contribution in [0.4, 0.5) is 11.4 Å². The average molecular weight is 563 g/mol. The standard InChI is InChI=1S/C30H24Cl2N2O5/c31-19-9-10-23(32)24(14-19)33-25(35)15-39-30(38)17-7-4-8-20(11-17)34-28(36)26-18-12-21(16-5-2-1-3-6-16)22(13-18)27(26)29(34)37/h1-11,14,18,21-22,26-27H,12-13,15H2,(H,33,35)/t18-,21+,22+,26+,27+/m0/s1. The molecule has 9 heteroatoms. The molecule has 0 unspecified atom stereocenters. The molecular formula is C30H24Cl2N2O5. The van der Waals surface area contributed by atoms with Crippen molar-refractivity contribution in [1.29, 1.82) is 0 Å². The second-order valence-electron chi connectivity index (χ2n) is 10.3. The zero-order valence-electron chi connectivity index (χ0n) is 20.7. The molecule has 3 aromatic rings. The fourth-order valence-electron chi connectivity index (χ4n) is 6.56. The van der Waals surface area contributed by atoms with Crippen molar-refractivity contribution in [3.63, 3.8) is 0 Å². The number of esters is 1. The van der Waals surface area contributed by atoms with Crippen LogP contribution in [0.5, 0.6) is 0 Å². The normalized spacial score (nSPS) is 25.1. The van der Waals surface area contributed by atoms with Gasteiger partial charge >= 0.3 is 5.97 Å². The van der Waals surface area contributed by atoms with Gasteiger partial charge in [-0.25, -0.2) is 4.79 Å². The molecule has 0 spiro atoms. The number of nitrogens with zero attached hydrogens (tertiary/aromatic N) is 1. The van der Waals surface area contributed by atoms with E-state index in [-0.39, 0.29) is 47.0 Å². The topological polar surface area (TPSA) is 92.8 Å². The smallest absolute Gasteiger partial charge is 0.338 e. The quantitative estimate of drug-likeness (QED) is 0.306. The summed E-state index contributed by atoms with van der Waals surface area (Å²) < 4.78 is 5.17. The van der Waals surface area contributed by atoms with Crippen LogP contribution in [0.25, 0.3) is 0 Å². The first kappa shape index (κ1) is 25.6. The predicted octanol–water partition coefficient (Wildman–Crippen LogP) is 5.72. The third kappa shape index (κ3) is 4.60. The Morgan fingerprint density at radius 2 is 1.67 bits per heavy atom. The van der Waals surface area contributed by atoms with Gasteiger partial charge in [0, 0.05) is 5.02 Å². The van der Waals surface area contributed by atoms with Crippen LogP contribution in [-0.2, 0) is 19.1 Å². The molecule has 1 aliphatic heterocycles. The third-order valence-electron chi connectivity index (χ3n) is 8.12. The van der Waals surface area contributed by atoms with Crippen molar-refractivity contribution in [2.24, 2.45) is 23.7 Å². The van der Waals surface area contributed by atoms with Gasteiger partial charge in [0.2, 0.25) is 11.8 Å². The van der Waals surface area contributed by atoms with Gasteiger partial charge in [0.25, 0.3) is 5.91 Å². The number of halogens is 2. The van der Waals surface area contributed by atoms with Gasteiger partial charge < -0.3 is 10.1 Å². The van der Waals surface area contributed by atoms with E-state index in [2.05, 4.69) is 17.4 Å². The van der Waals surface area contributed by atoms with Crippen LogP contribution < -0.4 is 10.2 Å². The van der Waals surface area contributed by atoms with Crippen molar-refractivity contribution in [1.82, 2.24) is 0 Å². The first-order chi connectivity index (χ1) is 18.8. The van der Waals surface area contributed by atoms with Crippen LogP contribution in [0.15, 0.2) is 72.8 Å². The van der Waals surface area contributed by atoms with Crippen LogP contribution in [0, 0.1) is 23.7 Å². The monoisotopic (exact) mass is 562 g/mol. The summed E-state index contributed by atoms with van der Waals surface area (Å²) >= 11 is 12.0. The molecule has 1 saturated heterocycles. The number of carbonyl (C=O) groups is 4. The molecule has 7 nitrogen and oxygen atoms in total. The Hall–Kier alpha value is -3.68. The highest BCUT2D eigenvalue weighted by Gasteiger charge is 2.64. The molecular weight excluding hydrogens is 539 g/mol. The molecule has 0 aromatic heterocycles. The summed E-state index contributed by atoms with van der Waals surface area (Å²) in [5, 5.41) is 3.23. The molecule has 0 radical (unpaired) electrons. The number of rotatable bonds is 6. The van der Waals surface area contributed by atoms with Crippen molar-refractivity contribution >= 4 is 58.3 Å². The second kappa shape index (κ2) is 10.1. The lowest BCUT2D eigenvalue weighted by Crippen LogP contribution is -2.33. The van der Waals surface area contributed by atoms with Crippen molar-refractivity contribution in [2.45, 2.75) is 18.8 Å². The van der Waals surface area contributed by atoms with E-state index >= 15 is 0 Å². The fourth-order valence-corrected chi connectivity index (χ4v) is 6.90. The number of benzene rings is 3. The Balaban J connectivity index is 1.14. The Bertz CT molecular complexity index is 1490. The number of nitrogens with one attached hydrogen (secondary N) is 1. The summed E-state index contributed by atoms with van der Waals surface area (Å²) in [6.07, 6.45) is 1.78. The summed E-state index contributed by atoms with van der Waals surface area (Å²) in [5.74, 6) is -1.86. The maximum atomic E-state index is 13.6. The van der Waals surface area contributed by atoms with Gasteiger partial charge in [-0.15, -0.1) is 0 Å². The van der Waals surface area contributed by atoms with Gasteiger partial charge in [-0.3, -0.25) is 19.3 Å². The van der Waals surface area contributed by atoms with Crippen LogP contribution in [0.2, 0.25) is 10.0 Å². The molecule has 3 amide bonds. The molecule has 2 saturated carbocycles. The number of fused-ring (bicyclic) bond motifs is 5. The largest absolute Gasteiger partial charge is 0.452 e. The SMILES string of the molecule is O=C(COC(=O)c1cccc(N2C(=O)[C@@H]3[C@@H]4C[C@@H]([C@H]3C2=O)[C@@H](c2ccccc2)C4)c1)Nc1cc(Cl)ccc1Cl. The second-order valence-corrected chi connectivity index (χ2v) is 11.1. The number of hydrogen-bond acceptors (Lipinski definition) is 5. The van der Waals surface area contributed by atoms with Crippen molar-refractivity contribution in [3.05, 3.63) is 94.0 Å². The Morgan fingerprint density at radius 3 is 2.46 bits per heavy atom. The van der Waals surface area contributed by atoms with E-state index in [0.29, 0.717) is 21.4 Å². The summed E-state index contributed by atoms with van der Waals surface area (Å²) in [7, 11) is 0. The number of amides is 3. The summed E-state index contributed by atoms with van der Waals surface area (Å²) in [6.45, 7) is -0.554. The maximum Gasteiger partial charge on any atom is 0.338 e. The van der Waals surface area contributed by atoms with E-state index in [1.54, 1.807) is 24.3 Å². The molecule has 6 rings (SSSR count). The Morgan fingerprint density at radius 1 is 0.897 bits per heavy atom. The van der Waals surface area contributed by atoms with E-state index in [0.717, 1.165) is 12.8 Å². The van der Waals surface area contributed by atoms with Crippen molar-refractivity contribution < 1.29 is 23.9 Å². The molecule has 5 atom stereocenters. The number of imide groups is 1. The fraction of sp³-hybridized carbons (Fsp3) is 0.267. The third-order valence-corrected chi connectivity index (χ3v) is 8.68. The lowest BCUT2D eigenvalue weighted by Gasteiger charge is -2.28. The van der Waals surface area contributed by atoms with Gasteiger partial charge in [0.05, 0.1) is 33.8 Å². The zero-order valence-corrected chi connectivity index (χ0v) is 22.2. The van der Waals surface area contributed by atoms with Gasteiger partial charge in [0.15, 0.2) is 6.61 Å². The minimum atomic E-state index is -0.757. The number of carbonyl (C=O) groups excluding carboxylic acids is 4.